The zero-order valence-corrected chi connectivity index (χ0v) is 8.77. The quantitative estimate of drug-likeness (QED) is 0.653. The lowest BCUT2D eigenvalue weighted by Gasteiger charge is -2.35. The third kappa shape index (κ3) is 3.12. The number of aliphatic hydroxyl groups excluding tert-OH is 1. The van der Waals surface area contributed by atoms with Gasteiger partial charge in [0, 0.05) is 12.0 Å². The molecule has 1 aliphatic rings. The molecular weight excluding hydrogens is 162 g/mol. The van der Waals surface area contributed by atoms with Crippen LogP contribution in [0.25, 0.3) is 0 Å². The lowest BCUT2D eigenvalue weighted by atomic mass is 9.78. The number of hydrogen-bond donors (Lipinski definition) is 2. The van der Waals surface area contributed by atoms with Crippen molar-refractivity contribution in [1.82, 2.24) is 5.32 Å². The molecule has 1 saturated heterocycles. The SMILES string of the molecule is CC(C)=CC[C@@]1(CO)CCCNC1. The van der Waals surface area contributed by atoms with Crippen molar-refractivity contribution < 1.29 is 5.11 Å². The van der Waals surface area contributed by atoms with Gasteiger partial charge in [-0.05, 0) is 39.7 Å². The van der Waals surface area contributed by atoms with Crippen LogP contribution in [0.3, 0.4) is 0 Å². The molecule has 2 heteroatoms. The standard InChI is InChI=1S/C11H21NO/c1-10(2)4-6-11(9-13)5-3-7-12-8-11/h4,12-13H,3,5-9H2,1-2H3/t11-/m0/s1. The number of hydrogen-bond acceptors (Lipinski definition) is 2. The molecule has 0 aromatic rings. The van der Waals surface area contributed by atoms with Gasteiger partial charge < -0.3 is 10.4 Å². The van der Waals surface area contributed by atoms with Gasteiger partial charge in [0.05, 0.1) is 6.61 Å². The summed E-state index contributed by atoms with van der Waals surface area (Å²) in [7, 11) is 0. The van der Waals surface area contributed by atoms with E-state index < -0.39 is 0 Å². The number of aliphatic hydroxyl groups is 1. The van der Waals surface area contributed by atoms with Gasteiger partial charge in [0.2, 0.25) is 0 Å². The lowest BCUT2D eigenvalue weighted by molar-refractivity contribution is 0.0972. The Kier molecular flexibility index (Phi) is 3.94. The molecule has 0 saturated carbocycles. The van der Waals surface area contributed by atoms with E-state index in [4.69, 9.17) is 0 Å². The molecule has 0 bridgehead atoms. The first-order valence-electron chi connectivity index (χ1n) is 5.13. The predicted molar refractivity (Wildman–Crippen MR) is 55.7 cm³/mol. The van der Waals surface area contributed by atoms with Crippen LogP contribution < -0.4 is 5.32 Å². The van der Waals surface area contributed by atoms with Gasteiger partial charge in [-0.15, -0.1) is 0 Å². The number of rotatable bonds is 3. The van der Waals surface area contributed by atoms with E-state index in [0.717, 1.165) is 25.9 Å². The third-order valence-electron chi connectivity index (χ3n) is 2.84. The van der Waals surface area contributed by atoms with Crippen LogP contribution in [0, 0.1) is 5.41 Å². The molecule has 1 heterocycles. The monoisotopic (exact) mass is 183 g/mol. The largest absolute Gasteiger partial charge is 0.396 e. The molecule has 0 amide bonds. The number of nitrogens with one attached hydrogen (secondary N) is 1. The van der Waals surface area contributed by atoms with Gasteiger partial charge in [-0.1, -0.05) is 11.6 Å². The van der Waals surface area contributed by atoms with Gasteiger partial charge in [0.1, 0.15) is 0 Å². The molecule has 13 heavy (non-hydrogen) atoms. The molecule has 0 spiro atoms. The summed E-state index contributed by atoms with van der Waals surface area (Å²) >= 11 is 0. The maximum Gasteiger partial charge on any atom is 0.0502 e. The fourth-order valence-corrected chi connectivity index (χ4v) is 1.82. The minimum Gasteiger partial charge on any atom is -0.396 e. The van der Waals surface area contributed by atoms with E-state index in [9.17, 15) is 5.11 Å². The van der Waals surface area contributed by atoms with Gasteiger partial charge in [-0.25, -0.2) is 0 Å². The Hall–Kier alpha value is -0.340. The molecule has 0 aliphatic carbocycles. The maximum absolute atomic E-state index is 9.39. The summed E-state index contributed by atoms with van der Waals surface area (Å²) in [6.45, 7) is 6.61. The molecule has 0 radical (unpaired) electrons. The molecule has 1 atom stereocenters. The Morgan fingerprint density at radius 2 is 2.31 bits per heavy atom. The van der Waals surface area contributed by atoms with E-state index >= 15 is 0 Å². The topological polar surface area (TPSA) is 32.3 Å². The first-order valence-corrected chi connectivity index (χ1v) is 5.13. The summed E-state index contributed by atoms with van der Waals surface area (Å²) in [4.78, 5) is 0. The minimum absolute atomic E-state index is 0.121. The van der Waals surface area contributed by atoms with Crippen LogP contribution >= 0.6 is 0 Å². The van der Waals surface area contributed by atoms with Gasteiger partial charge in [0.25, 0.3) is 0 Å². The molecule has 1 rings (SSSR count). The summed E-state index contributed by atoms with van der Waals surface area (Å²) in [6, 6.07) is 0. The van der Waals surface area contributed by atoms with Gasteiger partial charge in [-0.3, -0.25) is 0 Å². The third-order valence-corrected chi connectivity index (χ3v) is 2.84. The molecule has 1 aliphatic heterocycles. The molecule has 1 fully saturated rings. The zero-order chi connectivity index (χ0) is 9.73. The first kappa shape index (κ1) is 10.7. The van der Waals surface area contributed by atoms with Crippen LogP contribution in [0.5, 0.6) is 0 Å². The summed E-state index contributed by atoms with van der Waals surface area (Å²) in [5, 5.41) is 12.7. The molecule has 0 aromatic carbocycles. The van der Waals surface area contributed by atoms with Crippen LogP contribution in [-0.4, -0.2) is 24.8 Å². The molecular formula is C11H21NO. The highest BCUT2D eigenvalue weighted by atomic mass is 16.3. The second-order valence-electron chi connectivity index (χ2n) is 4.42. The van der Waals surface area contributed by atoms with Gasteiger partial charge in [-0.2, -0.15) is 0 Å². The lowest BCUT2D eigenvalue weighted by Crippen LogP contribution is -2.42. The second-order valence-corrected chi connectivity index (χ2v) is 4.42. The Bertz CT molecular complexity index is 177. The van der Waals surface area contributed by atoms with E-state index in [1.165, 1.54) is 12.0 Å². The van der Waals surface area contributed by atoms with Crippen LogP contribution in [-0.2, 0) is 0 Å². The van der Waals surface area contributed by atoms with Crippen LogP contribution in [0.1, 0.15) is 33.1 Å². The first-order chi connectivity index (χ1) is 6.18. The van der Waals surface area contributed by atoms with Crippen molar-refractivity contribution in [3.63, 3.8) is 0 Å². The average Bonchev–Trinajstić information content (AvgIpc) is 2.16. The molecule has 0 unspecified atom stereocenters. The van der Waals surface area contributed by atoms with Crippen LogP contribution in [0.15, 0.2) is 11.6 Å². The second kappa shape index (κ2) is 4.77. The smallest absolute Gasteiger partial charge is 0.0502 e. The molecule has 2 nitrogen and oxygen atoms in total. The van der Waals surface area contributed by atoms with E-state index in [1.54, 1.807) is 0 Å². The highest BCUT2D eigenvalue weighted by molar-refractivity contribution is 4.99. The fraction of sp³-hybridized carbons (Fsp3) is 0.818. The van der Waals surface area contributed by atoms with E-state index in [1.807, 2.05) is 0 Å². The summed E-state index contributed by atoms with van der Waals surface area (Å²) in [6.07, 6.45) is 5.60. The van der Waals surface area contributed by atoms with Crippen LogP contribution in [0.2, 0.25) is 0 Å². The van der Waals surface area contributed by atoms with Crippen molar-refractivity contribution in [3.05, 3.63) is 11.6 Å². The van der Waals surface area contributed by atoms with Crippen LogP contribution in [0.4, 0.5) is 0 Å². The summed E-state index contributed by atoms with van der Waals surface area (Å²) in [5.74, 6) is 0. The highest BCUT2D eigenvalue weighted by Crippen LogP contribution is 2.30. The Balaban J connectivity index is 2.52. The molecule has 0 aromatic heterocycles. The summed E-state index contributed by atoms with van der Waals surface area (Å²) in [5.41, 5.74) is 1.47. The average molecular weight is 183 g/mol. The van der Waals surface area contributed by atoms with Crippen molar-refractivity contribution >= 4 is 0 Å². The molecule has 2 N–H and O–H groups in total. The van der Waals surface area contributed by atoms with Crippen molar-refractivity contribution in [2.45, 2.75) is 33.1 Å². The zero-order valence-electron chi connectivity index (χ0n) is 8.77. The molecule has 76 valence electrons. The normalized spacial score (nSPS) is 28.5. The van der Waals surface area contributed by atoms with E-state index in [-0.39, 0.29) is 5.41 Å². The fourth-order valence-electron chi connectivity index (χ4n) is 1.82. The van der Waals surface area contributed by atoms with Crippen molar-refractivity contribution in [3.8, 4) is 0 Å². The van der Waals surface area contributed by atoms with Gasteiger partial charge in [0.15, 0.2) is 0 Å². The predicted octanol–water partition coefficient (Wildman–Crippen LogP) is 1.70. The number of allylic oxidation sites excluding steroid dienone is 2. The van der Waals surface area contributed by atoms with Crippen molar-refractivity contribution in [2.24, 2.45) is 5.41 Å². The van der Waals surface area contributed by atoms with Gasteiger partial charge >= 0.3 is 0 Å². The van der Waals surface area contributed by atoms with Crippen molar-refractivity contribution in [1.29, 1.82) is 0 Å². The number of piperidine rings is 1. The Labute approximate surface area is 81.0 Å². The Morgan fingerprint density at radius 3 is 2.77 bits per heavy atom. The van der Waals surface area contributed by atoms with E-state index in [2.05, 4.69) is 25.2 Å². The van der Waals surface area contributed by atoms with E-state index in [0.29, 0.717) is 6.61 Å². The highest BCUT2D eigenvalue weighted by Gasteiger charge is 2.29. The van der Waals surface area contributed by atoms with Crippen molar-refractivity contribution in [2.75, 3.05) is 19.7 Å². The minimum atomic E-state index is 0.121. The maximum atomic E-state index is 9.39. The summed E-state index contributed by atoms with van der Waals surface area (Å²) < 4.78 is 0. The Morgan fingerprint density at radius 1 is 1.54 bits per heavy atom.